The largest absolute Gasteiger partial charge is 0.451 e. The molecule has 3 heteroatoms. The number of carbonyl (C=O) groups is 1. The van der Waals surface area contributed by atoms with Gasteiger partial charge in [0.25, 0.3) is 0 Å². The van der Waals surface area contributed by atoms with Crippen molar-refractivity contribution in [3.63, 3.8) is 0 Å². The van der Waals surface area contributed by atoms with E-state index in [9.17, 15) is 9.90 Å². The van der Waals surface area contributed by atoms with E-state index in [4.69, 9.17) is 4.74 Å². The third kappa shape index (κ3) is 1.95. The zero-order valence-electron chi connectivity index (χ0n) is 14.7. The molecule has 0 saturated heterocycles. The molecule has 3 aliphatic carbocycles. The van der Waals surface area contributed by atoms with Crippen LogP contribution in [-0.4, -0.2) is 23.3 Å². The third-order valence-corrected chi connectivity index (χ3v) is 7.38. The molecule has 0 spiro atoms. The van der Waals surface area contributed by atoms with Crippen molar-refractivity contribution in [3.8, 4) is 0 Å². The minimum atomic E-state index is -0.590. The zero-order valence-corrected chi connectivity index (χ0v) is 14.7. The predicted octanol–water partition coefficient (Wildman–Crippen LogP) is 3.77. The Hall–Kier alpha value is -1.09. The lowest BCUT2D eigenvalue weighted by Gasteiger charge is -2.60. The highest BCUT2D eigenvalue weighted by atomic mass is 16.6. The molecule has 0 unspecified atom stereocenters. The predicted molar refractivity (Wildman–Crippen MR) is 88.6 cm³/mol. The fourth-order valence-electron chi connectivity index (χ4n) is 6.34. The van der Waals surface area contributed by atoms with Crippen molar-refractivity contribution in [3.05, 3.63) is 22.8 Å². The minimum absolute atomic E-state index is 0.111. The molecular formula is C20H28O3. The van der Waals surface area contributed by atoms with Crippen molar-refractivity contribution in [2.75, 3.05) is 0 Å². The molecule has 0 aromatic carbocycles. The van der Waals surface area contributed by atoms with Gasteiger partial charge in [0.2, 0.25) is 0 Å². The Morgan fingerprint density at radius 1 is 1.26 bits per heavy atom. The molecule has 2 saturated carbocycles. The van der Waals surface area contributed by atoms with E-state index in [0.717, 1.165) is 12.0 Å². The number of esters is 1. The Kier molecular flexibility index (Phi) is 3.17. The summed E-state index contributed by atoms with van der Waals surface area (Å²) in [6, 6.07) is 0. The maximum absolute atomic E-state index is 11.9. The normalized spacial score (nSPS) is 44.9. The van der Waals surface area contributed by atoms with Crippen LogP contribution in [0.4, 0.5) is 0 Å². The number of rotatable bonds is 0. The summed E-state index contributed by atoms with van der Waals surface area (Å²) in [7, 11) is 0. The van der Waals surface area contributed by atoms with E-state index in [2.05, 4.69) is 26.8 Å². The van der Waals surface area contributed by atoms with Gasteiger partial charge in [0.15, 0.2) is 6.10 Å². The smallest absolute Gasteiger partial charge is 0.334 e. The van der Waals surface area contributed by atoms with E-state index < -0.39 is 12.2 Å². The van der Waals surface area contributed by atoms with Gasteiger partial charge in [-0.1, -0.05) is 38.8 Å². The third-order valence-electron chi connectivity index (χ3n) is 7.38. The summed E-state index contributed by atoms with van der Waals surface area (Å²) in [5.41, 5.74) is 3.39. The van der Waals surface area contributed by atoms with Crippen molar-refractivity contribution in [2.45, 2.75) is 72.0 Å². The van der Waals surface area contributed by atoms with Gasteiger partial charge in [-0.05, 0) is 49.4 Å². The number of hydrogen-bond donors (Lipinski definition) is 1. The molecule has 23 heavy (non-hydrogen) atoms. The molecule has 4 rings (SSSR count). The Morgan fingerprint density at radius 2 is 2.00 bits per heavy atom. The van der Waals surface area contributed by atoms with Gasteiger partial charge in [0.1, 0.15) is 6.10 Å². The number of aliphatic hydroxyl groups excluding tert-OH is 1. The van der Waals surface area contributed by atoms with E-state index in [1.807, 2.05) is 6.92 Å². The van der Waals surface area contributed by atoms with Crippen LogP contribution in [0.15, 0.2) is 22.8 Å². The second-order valence-corrected chi connectivity index (χ2v) is 9.03. The maximum atomic E-state index is 11.9. The summed E-state index contributed by atoms with van der Waals surface area (Å²) in [4.78, 5) is 11.9. The first-order valence-electron chi connectivity index (χ1n) is 9.06. The molecule has 1 aliphatic heterocycles. The lowest BCUT2D eigenvalue weighted by Crippen LogP contribution is -2.56. The van der Waals surface area contributed by atoms with Crippen LogP contribution in [0.2, 0.25) is 0 Å². The molecular weight excluding hydrogens is 288 g/mol. The van der Waals surface area contributed by atoms with Crippen LogP contribution in [0.1, 0.15) is 59.8 Å². The Bertz CT molecular complexity index is 627. The molecule has 126 valence electrons. The van der Waals surface area contributed by atoms with Crippen molar-refractivity contribution < 1.29 is 14.6 Å². The van der Waals surface area contributed by atoms with Crippen LogP contribution in [-0.2, 0) is 9.53 Å². The molecule has 0 bridgehead atoms. The number of carbonyl (C=O) groups excluding carboxylic acids is 1. The molecule has 4 aliphatic rings. The summed E-state index contributed by atoms with van der Waals surface area (Å²) in [6.07, 6.45) is 7.06. The SMILES string of the molecule is CC1=C2C=C3CC[C@@H]4C(C)(C)CCC[C@@]4(C)[C@@H]3[C@@H](O)[C@H]2OC1=O. The Labute approximate surface area is 138 Å². The van der Waals surface area contributed by atoms with E-state index in [1.165, 1.54) is 31.3 Å². The summed E-state index contributed by atoms with van der Waals surface area (Å²) in [5.74, 6) is 0.503. The van der Waals surface area contributed by atoms with Crippen molar-refractivity contribution in [1.82, 2.24) is 0 Å². The van der Waals surface area contributed by atoms with Crippen LogP contribution in [0.3, 0.4) is 0 Å². The zero-order chi connectivity index (χ0) is 16.6. The first-order valence-corrected chi connectivity index (χ1v) is 9.06. The molecule has 0 aromatic heterocycles. The minimum Gasteiger partial charge on any atom is -0.451 e. The van der Waals surface area contributed by atoms with Gasteiger partial charge in [-0.2, -0.15) is 0 Å². The average molecular weight is 316 g/mol. The number of fused-ring (bicyclic) bond motifs is 4. The summed E-state index contributed by atoms with van der Waals surface area (Å²) < 4.78 is 5.51. The number of hydrogen-bond acceptors (Lipinski definition) is 3. The molecule has 0 radical (unpaired) electrons. The van der Waals surface area contributed by atoms with Crippen LogP contribution in [0, 0.1) is 22.7 Å². The van der Waals surface area contributed by atoms with Gasteiger partial charge >= 0.3 is 5.97 Å². The van der Waals surface area contributed by atoms with Gasteiger partial charge in [0.05, 0.1) is 0 Å². The van der Waals surface area contributed by atoms with Crippen LogP contribution >= 0.6 is 0 Å². The van der Waals surface area contributed by atoms with Gasteiger partial charge in [0, 0.05) is 17.1 Å². The summed E-state index contributed by atoms with van der Waals surface area (Å²) in [5, 5.41) is 11.1. The first kappa shape index (κ1) is 15.4. The fraction of sp³-hybridized carbons (Fsp3) is 0.750. The van der Waals surface area contributed by atoms with Crippen molar-refractivity contribution >= 4 is 5.97 Å². The highest BCUT2D eigenvalue weighted by Gasteiger charge is 2.58. The fourth-order valence-corrected chi connectivity index (χ4v) is 6.34. The molecule has 2 fully saturated rings. The molecule has 0 aromatic rings. The highest BCUT2D eigenvalue weighted by molar-refractivity contribution is 5.92. The molecule has 1 heterocycles. The second-order valence-electron chi connectivity index (χ2n) is 9.03. The quantitative estimate of drug-likeness (QED) is 0.692. The van der Waals surface area contributed by atoms with Gasteiger partial charge in [-0.3, -0.25) is 0 Å². The molecule has 5 atom stereocenters. The van der Waals surface area contributed by atoms with E-state index in [0.29, 0.717) is 16.9 Å². The Balaban J connectivity index is 1.79. The van der Waals surface area contributed by atoms with Crippen molar-refractivity contribution in [2.24, 2.45) is 22.7 Å². The first-order chi connectivity index (χ1) is 10.8. The standard InChI is InChI=1S/C20H28O3/c1-11-13-10-12-6-7-14-19(2,3)8-5-9-20(14,4)15(12)16(21)17(13)23-18(11)22/h10,14-17,21H,5-9H2,1-4H3/t14-,15+,16-,17+,20-/m1/s1. The van der Waals surface area contributed by atoms with E-state index in [-0.39, 0.29) is 17.3 Å². The molecule has 3 nitrogen and oxygen atoms in total. The maximum Gasteiger partial charge on any atom is 0.334 e. The summed E-state index contributed by atoms with van der Waals surface area (Å²) in [6.45, 7) is 8.98. The van der Waals surface area contributed by atoms with E-state index in [1.54, 1.807) is 0 Å². The highest BCUT2D eigenvalue weighted by Crippen LogP contribution is 2.63. The van der Waals surface area contributed by atoms with E-state index >= 15 is 0 Å². The summed E-state index contributed by atoms with van der Waals surface area (Å²) >= 11 is 0. The lowest BCUT2D eigenvalue weighted by atomic mass is 9.45. The number of ether oxygens (including phenoxy) is 1. The van der Waals surface area contributed by atoms with Gasteiger partial charge < -0.3 is 9.84 Å². The van der Waals surface area contributed by atoms with Crippen molar-refractivity contribution in [1.29, 1.82) is 0 Å². The molecule has 1 N–H and O–H groups in total. The van der Waals surface area contributed by atoms with Crippen LogP contribution < -0.4 is 0 Å². The number of aliphatic hydroxyl groups is 1. The van der Waals surface area contributed by atoms with Crippen LogP contribution in [0.5, 0.6) is 0 Å². The monoisotopic (exact) mass is 316 g/mol. The Morgan fingerprint density at radius 3 is 2.74 bits per heavy atom. The molecule has 0 amide bonds. The lowest BCUT2D eigenvalue weighted by molar-refractivity contribution is -0.152. The van der Waals surface area contributed by atoms with Gasteiger partial charge in [-0.25, -0.2) is 4.79 Å². The van der Waals surface area contributed by atoms with Gasteiger partial charge in [-0.15, -0.1) is 0 Å². The topological polar surface area (TPSA) is 46.5 Å². The second kappa shape index (κ2) is 4.72. The average Bonchev–Trinajstić information content (AvgIpc) is 2.74. The van der Waals surface area contributed by atoms with Crippen LogP contribution in [0.25, 0.3) is 0 Å².